The Morgan fingerprint density at radius 1 is 1.27 bits per heavy atom. The van der Waals surface area contributed by atoms with Gasteiger partial charge in [-0.25, -0.2) is 0 Å². The third-order valence-electron chi connectivity index (χ3n) is 2.45. The van der Waals surface area contributed by atoms with E-state index in [1.165, 1.54) is 0 Å². The molecule has 0 unspecified atom stereocenters. The van der Waals surface area contributed by atoms with E-state index in [1.807, 2.05) is 24.3 Å². The first-order valence-corrected chi connectivity index (χ1v) is 4.68. The van der Waals surface area contributed by atoms with Gasteiger partial charge >= 0.3 is 0 Å². The van der Waals surface area contributed by atoms with Crippen molar-refractivity contribution >= 4 is 16.8 Å². The van der Waals surface area contributed by atoms with Gasteiger partial charge in [0.2, 0.25) is 0 Å². The summed E-state index contributed by atoms with van der Waals surface area (Å²) in [5, 5.41) is 11.6. The summed E-state index contributed by atoms with van der Waals surface area (Å²) in [5.41, 5.74) is 0.759. The lowest BCUT2D eigenvalue weighted by Crippen LogP contribution is -1.84. The van der Waals surface area contributed by atoms with Crippen LogP contribution in [-0.2, 0) is 0 Å². The molecule has 0 spiro atoms. The second kappa shape index (κ2) is 3.65. The van der Waals surface area contributed by atoms with Crippen molar-refractivity contribution in [2.75, 3.05) is 7.11 Å². The molecule has 2 aromatic carbocycles. The van der Waals surface area contributed by atoms with E-state index in [-0.39, 0.29) is 5.75 Å². The van der Waals surface area contributed by atoms with Gasteiger partial charge in [-0.15, -0.1) is 0 Å². The van der Waals surface area contributed by atoms with Gasteiger partial charge in [-0.1, -0.05) is 18.7 Å². The molecule has 0 saturated heterocycles. The number of methoxy groups -OCH3 is 1. The highest BCUT2D eigenvalue weighted by atomic mass is 16.5. The van der Waals surface area contributed by atoms with Crippen LogP contribution in [0.4, 0.5) is 0 Å². The van der Waals surface area contributed by atoms with Gasteiger partial charge in [0.25, 0.3) is 0 Å². The monoisotopic (exact) mass is 200 g/mol. The molecule has 0 aromatic heterocycles. The molecular formula is C13H12O2. The zero-order valence-electron chi connectivity index (χ0n) is 8.53. The Labute approximate surface area is 88.4 Å². The molecule has 0 atom stereocenters. The molecule has 0 amide bonds. The van der Waals surface area contributed by atoms with Gasteiger partial charge in [-0.05, 0) is 35.0 Å². The van der Waals surface area contributed by atoms with Gasteiger partial charge in [0.1, 0.15) is 11.5 Å². The number of rotatable bonds is 2. The van der Waals surface area contributed by atoms with Crippen molar-refractivity contribution in [2.24, 2.45) is 0 Å². The molecule has 1 N–H and O–H groups in total. The smallest absolute Gasteiger partial charge is 0.123 e. The summed E-state index contributed by atoms with van der Waals surface area (Å²) in [4.78, 5) is 0. The molecule has 15 heavy (non-hydrogen) atoms. The minimum Gasteiger partial charge on any atom is -0.507 e. The van der Waals surface area contributed by atoms with Crippen LogP contribution in [0.5, 0.6) is 11.5 Å². The van der Waals surface area contributed by atoms with E-state index in [9.17, 15) is 5.11 Å². The third kappa shape index (κ3) is 1.54. The minimum absolute atomic E-state index is 0.252. The Kier molecular flexibility index (Phi) is 2.34. The summed E-state index contributed by atoms with van der Waals surface area (Å²) in [5.74, 6) is 1.06. The fourth-order valence-electron chi connectivity index (χ4n) is 1.66. The second-order valence-electron chi connectivity index (χ2n) is 3.29. The number of benzene rings is 2. The molecule has 0 aliphatic rings. The molecule has 0 bridgehead atoms. The predicted molar refractivity (Wildman–Crippen MR) is 62.3 cm³/mol. The molecular weight excluding hydrogens is 188 g/mol. The maximum Gasteiger partial charge on any atom is 0.123 e. The van der Waals surface area contributed by atoms with Gasteiger partial charge in [0, 0.05) is 5.56 Å². The van der Waals surface area contributed by atoms with Gasteiger partial charge in [0.05, 0.1) is 7.11 Å². The van der Waals surface area contributed by atoms with Crippen LogP contribution in [0.25, 0.3) is 16.8 Å². The molecule has 2 heteroatoms. The van der Waals surface area contributed by atoms with E-state index >= 15 is 0 Å². The largest absolute Gasteiger partial charge is 0.507 e. The quantitative estimate of drug-likeness (QED) is 0.806. The number of ether oxygens (including phenoxy) is 1. The lowest BCUT2D eigenvalue weighted by atomic mass is 10.0. The summed E-state index contributed by atoms with van der Waals surface area (Å²) in [7, 11) is 1.63. The molecule has 76 valence electrons. The van der Waals surface area contributed by atoms with Crippen LogP contribution in [0.15, 0.2) is 36.9 Å². The van der Waals surface area contributed by atoms with E-state index in [2.05, 4.69) is 6.58 Å². The van der Waals surface area contributed by atoms with E-state index in [0.717, 1.165) is 22.1 Å². The van der Waals surface area contributed by atoms with Crippen molar-refractivity contribution in [2.45, 2.75) is 0 Å². The Hall–Kier alpha value is -1.96. The Morgan fingerprint density at radius 3 is 2.73 bits per heavy atom. The van der Waals surface area contributed by atoms with Gasteiger partial charge < -0.3 is 9.84 Å². The third-order valence-corrected chi connectivity index (χ3v) is 2.45. The van der Waals surface area contributed by atoms with Crippen LogP contribution < -0.4 is 4.74 Å². The van der Waals surface area contributed by atoms with Crippen molar-refractivity contribution in [1.29, 1.82) is 0 Å². The predicted octanol–water partition coefficient (Wildman–Crippen LogP) is 3.20. The highest BCUT2D eigenvalue weighted by molar-refractivity contribution is 5.93. The normalized spacial score (nSPS) is 10.2. The highest BCUT2D eigenvalue weighted by Crippen LogP contribution is 2.30. The standard InChI is InChI=1S/C13H12O2/c1-3-11-12-6-5-10(15-2)8-9(12)4-7-13(11)14/h3-8,14H,1H2,2H3. The average Bonchev–Trinajstić information content (AvgIpc) is 2.28. The number of phenols is 1. The summed E-state index contributed by atoms with van der Waals surface area (Å²) in [6.45, 7) is 3.69. The molecule has 2 nitrogen and oxygen atoms in total. The molecule has 0 fully saturated rings. The van der Waals surface area contributed by atoms with Crippen LogP contribution in [0.3, 0.4) is 0 Å². The molecule has 2 rings (SSSR count). The Balaban J connectivity index is 2.78. The maximum atomic E-state index is 9.63. The van der Waals surface area contributed by atoms with Crippen molar-refractivity contribution in [3.05, 3.63) is 42.5 Å². The first-order valence-electron chi connectivity index (χ1n) is 4.68. The Bertz CT molecular complexity index is 515. The lowest BCUT2D eigenvalue weighted by molar-refractivity contribution is 0.415. The first kappa shape index (κ1) is 9.59. The molecule has 0 aliphatic carbocycles. The van der Waals surface area contributed by atoms with Crippen molar-refractivity contribution in [1.82, 2.24) is 0 Å². The number of hydrogen-bond acceptors (Lipinski definition) is 2. The highest BCUT2D eigenvalue weighted by Gasteiger charge is 2.04. The van der Waals surface area contributed by atoms with Crippen LogP contribution >= 0.6 is 0 Å². The van der Waals surface area contributed by atoms with Gasteiger partial charge in [-0.2, -0.15) is 0 Å². The molecule has 2 aromatic rings. The molecule has 0 aliphatic heterocycles. The molecule has 0 heterocycles. The van der Waals surface area contributed by atoms with E-state index in [4.69, 9.17) is 4.74 Å². The minimum atomic E-state index is 0.252. The van der Waals surface area contributed by atoms with Crippen LogP contribution in [0.2, 0.25) is 0 Å². The summed E-state index contributed by atoms with van der Waals surface area (Å²) < 4.78 is 5.14. The van der Waals surface area contributed by atoms with Crippen LogP contribution in [0, 0.1) is 0 Å². The SMILES string of the molecule is C=Cc1c(O)ccc2cc(OC)ccc12. The van der Waals surface area contributed by atoms with E-state index in [1.54, 1.807) is 19.3 Å². The number of fused-ring (bicyclic) bond motifs is 1. The topological polar surface area (TPSA) is 29.5 Å². The molecule has 0 saturated carbocycles. The van der Waals surface area contributed by atoms with Crippen LogP contribution in [0.1, 0.15) is 5.56 Å². The fraction of sp³-hybridized carbons (Fsp3) is 0.0769. The maximum absolute atomic E-state index is 9.63. The van der Waals surface area contributed by atoms with Gasteiger partial charge in [0.15, 0.2) is 0 Å². The number of phenolic OH excluding ortho intramolecular Hbond substituents is 1. The van der Waals surface area contributed by atoms with E-state index in [0.29, 0.717) is 0 Å². The summed E-state index contributed by atoms with van der Waals surface area (Å²) in [6.07, 6.45) is 1.66. The van der Waals surface area contributed by atoms with Crippen molar-refractivity contribution in [3.8, 4) is 11.5 Å². The van der Waals surface area contributed by atoms with E-state index < -0.39 is 0 Å². The van der Waals surface area contributed by atoms with Gasteiger partial charge in [-0.3, -0.25) is 0 Å². The molecule has 0 radical (unpaired) electrons. The zero-order valence-corrected chi connectivity index (χ0v) is 8.53. The van der Waals surface area contributed by atoms with Crippen molar-refractivity contribution in [3.63, 3.8) is 0 Å². The second-order valence-corrected chi connectivity index (χ2v) is 3.29. The van der Waals surface area contributed by atoms with Crippen molar-refractivity contribution < 1.29 is 9.84 Å². The fourth-order valence-corrected chi connectivity index (χ4v) is 1.66. The average molecular weight is 200 g/mol. The Morgan fingerprint density at radius 2 is 2.07 bits per heavy atom. The summed E-state index contributed by atoms with van der Waals surface area (Å²) in [6, 6.07) is 9.25. The number of aromatic hydroxyl groups is 1. The number of hydrogen-bond donors (Lipinski definition) is 1. The zero-order chi connectivity index (χ0) is 10.8. The first-order chi connectivity index (χ1) is 7.26. The lowest BCUT2D eigenvalue weighted by Gasteiger charge is -2.06. The van der Waals surface area contributed by atoms with Crippen LogP contribution in [-0.4, -0.2) is 12.2 Å². The summed E-state index contributed by atoms with van der Waals surface area (Å²) >= 11 is 0.